The number of rotatable bonds is 4. The number of benzene rings is 1. The van der Waals surface area contributed by atoms with E-state index in [9.17, 15) is 8.42 Å². The van der Waals surface area contributed by atoms with Gasteiger partial charge in [-0.1, -0.05) is 28.1 Å². The van der Waals surface area contributed by atoms with Crippen LogP contribution in [0.25, 0.3) is 0 Å². The Hall–Kier alpha value is -1.40. The van der Waals surface area contributed by atoms with E-state index in [1.165, 1.54) is 12.5 Å². The van der Waals surface area contributed by atoms with E-state index < -0.39 is 9.84 Å². The molecule has 0 saturated heterocycles. The van der Waals surface area contributed by atoms with E-state index in [0.29, 0.717) is 12.4 Å². The average molecular weight is 341 g/mol. The lowest BCUT2D eigenvalue weighted by atomic mass is 10.2. The standard InChI is InChI=1S/C13H13BrN2O2S/c1-19(17,18)12-6-7-13(16-9-12)15-8-10-2-4-11(14)5-3-10/h2-7,9H,8H2,1H3,(H,15,16). The first-order valence-electron chi connectivity index (χ1n) is 5.59. The number of sulfone groups is 1. The van der Waals surface area contributed by atoms with Crippen LogP contribution in [0.4, 0.5) is 5.82 Å². The van der Waals surface area contributed by atoms with Gasteiger partial charge in [0.1, 0.15) is 5.82 Å². The van der Waals surface area contributed by atoms with Crippen molar-refractivity contribution in [3.05, 3.63) is 52.6 Å². The van der Waals surface area contributed by atoms with Gasteiger partial charge in [-0.3, -0.25) is 0 Å². The number of nitrogens with one attached hydrogen (secondary N) is 1. The summed E-state index contributed by atoms with van der Waals surface area (Å²) in [5, 5.41) is 3.14. The minimum Gasteiger partial charge on any atom is -0.366 e. The van der Waals surface area contributed by atoms with Crippen LogP contribution < -0.4 is 5.32 Å². The number of anilines is 1. The van der Waals surface area contributed by atoms with Crippen LogP contribution in [-0.4, -0.2) is 19.7 Å². The van der Waals surface area contributed by atoms with Gasteiger partial charge in [0.2, 0.25) is 0 Å². The van der Waals surface area contributed by atoms with E-state index in [0.717, 1.165) is 10.0 Å². The van der Waals surface area contributed by atoms with E-state index in [4.69, 9.17) is 0 Å². The summed E-state index contributed by atoms with van der Waals surface area (Å²) < 4.78 is 23.6. The number of halogens is 1. The molecule has 0 aliphatic heterocycles. The third kappa shape index (κ3) is 4.04. The maximum atomic E-state index is 11.3. The molecule has 1 N–H and O–H groups in total. The zero-order valence-electron chi connectivity index (χ0n) is 10.3. The molecule has 6 heteroatoms. The van der Waals surface area contributed by atoms with Crippen molar-refractivity contribution in [1.82, 2.24) is 4.98 Å². The maximum absolute atomic E-state index is 11.3. The number of nitrogens with zero attached hydrogens (tertiary/aromatic N) is 1. The molecule has 0 spiro atoms. The van der Waals surface area contributed by atoms with E-state index in [-0.39, 0.29) is 4.90 Å². The summed E-state index contributed by atoms with van der Waals surface area (Å²) in [6.07, 6.45) is 2.53. The second kappa shape index (κ2) is 5.71. The molecule has 2 aromatic rings. The van der Waals surface area contributed by atoms with Crippen LogP contribution >= 0.6 is 15.9 Å². The quantitative estimate of drug-likeness (QED) is 0.929. The smallest absolute Gasteiger partial charge is 0.177 e. The van der Waals surface area contributed by atoms with Crippen molar-refractivity contribution in [2.45, 2.75) is 11.4 Å². The lowest BCUT2D eigenvalue weighted by molar-refractivity contribution is 0.601. The van der Waals surface area contributed by atoms with E-state index in [1.807, 2.05) is 24.3 Å². The minimum absolute atomic E-state index is 0.224. The number of hydrogen-bond acceptors (Lipinski definition) is 4. The highest BCUT2D eigenvalue weighted by atomic mass is 79.9. The van der Waals surface area contributed by atoms with E-state index >= 15 is 0 Å². The van der Waals surface area contributed by atoms with Gasteiger partial charge in [-0.15, -0.1) is 0 Å². The van der Waals surface area contributed by atoms with Gasteiger partial charge in [-0.05, 0) is 29.8 Å². The van der Waals surface area contributed by atoms with Gasteiger partial charge in [0.05, 0.1) is 4.90 Å². The normalized spacial score (nSPS) is 11.3. The molecule has 4 nitrogen and oxygen atoms in total. The highest BCUT2D eigenvalue weighted by Crippen LogP contribution is 2.13. The van der Waals surface area contributed by atoms with Crippen LogP contribution in [0.2, 0.25) is 0 Å². The molecule has 1 aromatic carbocycles. The first kappa shape index (κ1) is 14.0. The Morgan fingerprint density at radius 3 is 2.37 bits per heavy atom. The van der Waals surface area contributed by atoms with Gasteiger partial charge in [-0.25, -0.2) is 13.4 Å². The molecule has 0 atom stereocenters. The molecule has 0 saturated carbocycles. The fraction of sp³-hybridized carbons (Fsp3) is 0.154. The monoisotopic (exact) mass is 340 g/mol. The third-order valence-corrected chi connectivity index (χ3v) is 4.18. The molecule has 0 unspecified atom stereocenters. The summed E-state index contributed by atoms with van der Waals surface area (Å²) in [6, 6.07) is 11.2. The van der Waals surface area contributed by atoms with Crippen LogP contribution in [-0.2, 0) is 16.4 Å². The van der Waals surface area contributed by atoms with E-state index in [2.05, 4.69) is 26.2 Å². The maximum Gasteiger partial charge on any atom is 0.177 e. The number of pyridine rings is 1. The summed E-state index contributed by atoms with van der Waals surface area (Å²) in [7, 11) is -3.19. The average Bonchev–Trinajstić information content (AvgIpc) is 2.37. The van der Waals surface area contributed by atoms with Gasteiger partial charge in [-0.2, -0.15) is 0 Å². The van der Waals surface area contributed by atoms with Crippen molar-refractivity contribution in [1.29, 1.82) is 0 Å². The predicted octanol–water partition coefficient (Wildman–Crippen LogP) is 2.86. The summed E-state index contributed by atoms with van der Waals surface area (Å²) in [5.74, 6) is 0.648. The Balaban J connectivity index is 2.02. The Morgan fingerprint density at radius 1 is 1.16 bits per heavy atom. The molecule has 0 amide bonds. The van der Waals surface area contributed by atoms with Crippen molar-refractivity contribution in [2.75, 3.05) is 11.6 Å². The Bertz CT molecular complexity index is 652. The highest BCUT2D eigenvalue weighted by Gasteiger charge is 2.06. The van der Waals surface area contributed by atoms with Gasteiger partial charge in [0.25, 0.3) is 0 Å². The molecular weight excluding hydrogens is 328 g/mol. The molecule has 19 heavy (non-hydrogen) atoms. The SMILES string of the molecule is CS(=O)(=O)c1ccc(NCc2ccc(Br)cc2)nc1. The molecule has 0 radical (unpaired) electrons. The molecule has 0 aliphatic carbocycles. The zero-order valence-corrected chi connectivity index (χ0v) is 12.7. The Kier molecular flexibility index (Phi) is 4.21. The fourth-order valence-corrected chi connectivity index (χ4v) is 2.32. The van der Waals surface area contributed by atoms with Crippen molar-refractivity contribution >= 4 is 31.6 Å². The third-order valence-electron chi connectivity index (χ3n) is 2.55. The molecular formula is C13H13BrN2O2S. The number of aromatic nitrogens is 1. The van der Waals surface area contributed by atoms with E-state index in [1.54, 1.807) is 12.1 Å². The minimum atomic E-state index is -3.19. The topological polar surface area (TPSA) is 59.1 Å². The summed E-state index contributed by atoms with van der Waals surface area (Å²) in [6.45, 7) is 0.637. The van der Waals surface area contributed by atoms with Crippen molar-refractivity contribution in [3.63, 3.8) is 0 Å². The lowest BCUT2D eigenvalue weighted by Crippen LogP contribution is -2.03. The zero-order chi connectivity index (χ0) is 13.9. The summed E-state index contributed by atoms with van der Waals surface area (Å²) >= 11 is 3.38. The second-order valence-corrected chi connectivity index (χ2v) is 7.06. The van der Waals surface area contributed by atoms with Crippen LogP contribution in [0.15, 0.2) is 52.0 Å². The molecule has 2 rings (SSSR count). The molecule has 0 bridgehead atoms. The molecule has 0 aliphatic rings. The summed E-state index contributed by atoms with van der Waals surface area (Å²) in [5.41, 5.74) is 1.12. The summed E-state index contributed by atoms with van der Waals surface area (Å²) in [4.78, 5) is 4.30. The first-order valence-corrected chi connectivity index (χ1v) is 8.28. The number of hydrogen-bond donors (Lipinski definition) is 1. The lowest BCUT2D eigenvalue weighted by Gasteiger charge is -2.06. The molecule has 100 valence electrons. The van der Waals surface area contributed by atoms with Crippen LogP contribution in [0.3, 0.4) is 0 Å². The van der Waals surface area contributed by atoms with Crippen molar-refractivity contribution in [3.8, 4) is 0 Å². The van der Waals surface area contributed by atoms with Gasteiger partial charge in [0, 0.05) is 23.5 Å². The Labute approximate surface area is 120 Å². The molecule has 1 aromatic heterocycles. The van der Waals surface area contributed by atoms with Crippen LogP contribution in [0.1, 0.15) is 5.56 Å². The fourth-order valence-electron chi connectivity index (χ4n) is 1.50. The molecule has 0 fully saturated rings. The molecule has 1 heterocycles. The van der Waals surface area contributed by atoms with Crippen molar-refractivity contribution < 1.29 is 8.42 Å². The Morgan fingerprint density at radius 2 is 1.84 bits per heavy atom. The highest BCUT2D eigenvalue weighted by molar-refractivity contribution is 9.10. The van der Waals surface area contributed by atoms with Crippen LogP contribution in [0.5, 0.6) is 0 Å². The van der Waals surface area contributed by atoms with Crippen molar-refractivity contribution in [2.24, 2.45) is 0 Å². The first-order chi connectivity index (χ1) is 8.95. The van der Waals surface area contributed by atoms with Crippen LogP contribution in [0, 0.1) is 0 Å². The largest absolute Gasteiger partial charge is 0.366 e. The van der Waals surface area contributed by atoms with Gasteiger partial charge >= 0.3 is 0 Å². The second-order valence-electron chi connectivity index (χ2n) is 4.13. The van der Waals surface area contributed by atoms with Gasteiger partial charge in [0.15, 0.2) is 9.84 Å². The predicted molar refractivity (Wildman–Crippen MR) is 78.8 cm³/mol. The van der Waals surface area contributed by atoms with Gasteiger partial charge < -0.3 is 5.32 Å².